The molecule has 1 heteroatoms. The fourth-order valence-corrected chi connectivity index (χ4v) is 5.55. The molecule has 0 amide bonds. The van der Waals surface area contributed by atoms with Crippen LogP contribution in [0, 0.1) is 0 Å². The Labute approximate surface area is 66.6 Å². The third-order valence-electron chi connectivity index (χ3n) is 2.69. The smallest absolute Gasteiger partial charge is 0.0367 e. The molecule has 1 rings (SSSR count). The first-order valence-electron chi connectivity index (χ1n) is 4.93. The molecule has 0 N–H and O–H groups in total. The van der Waals surface area contributed by atoms with Crippen LogP contribution in [0.5, 0.6) is 0 Å². The first-order chi connectivity index (χ1) is 4.93. The molecule has 0 aromatic carbocycles. The molecule has 60 valence electrons. The molecule has 1 fully saturated rings. The average molecular weight is 156 g/mol. The summed E-state index contributed by atoms with van der Waals surface area (Å²) in [5.74, 6) is 0. The van der Waals surface area contributed by atoms with E-state index in [2.05, 4.69) is 6.92 Å². The molecule has 0 atom stereocenters. The predicted octanol–water partition coefficient (Wildman–Crippen LogP) is 3.20. The van der Waals surface area contributed by atoms with Crippen molar-refractivity contribution < 1.29 is 0 Å². The predicted molar refractivity (Wildman–Crippen MR) is 50.3 cm³/mol. The third kappa shape index (κ3) is 2.87. The fourth-order valence-electron chi connectivity index (χ4n) is 1.97. The molecule has 0 aromatic heterocycles. The molecule has 0 spiro atoms. The molecule has 1 aliphatic rings. The summed E-state index contributed by atoms with van der Waals surface area (Å²) in [6.07, 6.45) is 7.62. The maximum absolute atomic E-state index is 2.32. The summed E-state index contributed by atoms with van der Waals surface area (Å²) in [6, 6.07) is 4.98. The highest BCUT2D eigenvalue weighted by Crippen LogP contribution is 2.22. The SMILES string of the molecule is CCCC[SiH]1CCCCC1. The van der Waals surface area contributed by atoms with Crippen LogP contribution in [0.4, 0.5) is 0 Å². The summed E-state index contributed by atoms with van der Waals surface area (Å²) in [5, 5.41) is 0. The van der Waals surface area contributed by atoms with Gasteiger partial charge in [0.05, 0.1) is 0 Å². The second kappa shape index (κ2) is 4.95. The molecule has 10 heavy (non-hydrogen) atoms. The average Bonchev–Trinajstić information content (AvgIpc) is 2.03. The lowest BCUT2D eigenvalue weighted by molar-refractivity contribution is 0.713. The Balaban J connectivity index is 2.02. The zero-order valence-corrected chi connectivity index (χ0v) is 8.39. The van der Waals surface area contributed by atoms with E-state index in [0.717, 1.165) is 0 Å². The van der Waals surface area contributed by atoms with Crippen molar-refractivity contribution in [2.45, 2.75) is 57.2 Å². The number of rotatable bonds is 3. The molecular weight excluding hydrogens is 136 g/mol. The highest BCUT2D eigenvalue weighted by Gasteiger charge is 2.13. The van der Waals surface area contributed by atoms with E-state index in [0.29, 0.717) is 0 Å². The van der Waals surface area contributed by atoms with E-state index < -0.39 is 0 Å². The van der Waals surface area contributed by atoms with Gasteiger partial charge in [-0.15, -0.1) is 0 Å². The first-order valence-corrected chi connectivity index (χ1v) is 7.38. The maximum atomic E-state index is 2.32. The highest BCUT2D eigenvalue weighted by atomic mass is 28.3. The molecule has 1 saturated heterocycles. The van der Waals surface area contributed by atoms with Gasteiger partial charge in [-0.3, -0.25) is 0 Å². The van der Waals surface area contributed by atoms with Crippen molar-refractivity contribution in [3.63, 3.8) is 0 Å². The van der Waals surface area contributed by atoms with Crippen LogP contribution in [0.2, 0.25) is 18.1 Å². The minimum Gasteiger partial charge on any atom is -0.0654 e. The number of hydrogen-bond donors (Lipinski definition) is 0. The quantitative estimate of drug-likeness (QED) is 0.550. The van der Waals surface area contributed by atoms with E-state index in [1.54, 1.807) is 31.0 Å². The van der Waals surface area contributed by atoms with Gasteiger partial charge in [0.25, 0.3) is 0 Å². The van der Waals surface area contributed by atoms with Crippen molar-refractivity contribution in [1.82, 2.24) is 0 Å². The molecule has 0 bridgehead atoms. The molecule has 1 heterocycles. The van der Waals surface area contributed by atoms with Gasteiger partial charge >= 0.3 is 0 Å². The van der Waals surface area contributed by atoms with Crippen LogP contribution in [0.1, 0.15) is 39.0 Å². The van der Waals surface area contributed by atoms with Gasteiger partial charge in [-0.1, -0.05) is 57.2 Å². The molecule has 0 nitrogen and oxygen atoms in total. The van der Waals surface area contributed by atoms with Gasteiger partial charge in [-0.25, -0.2) is 0 Å². The van der Waals surface area contributed by atoms with Gasteiger partial charge in [0, 0.05) is 8.80 Å². The fraction of sp³-hybridized carbons (Fsp3) is 1.00. The van der Waals surface area contributed by atoms with Gasteiger partial charge in [-0.2, -0.15) is 0 Å². The second-order valence-corrected chi connectivity index (χ2v) is 7.11. The van der Waals surface area contributed by atoms with Gasteiger partial charge in [-0.05, 0) is 0 Å². The summed E-state index contributed by atoms with van der Waals surface area (Å²) in [6.45, 7) is 2.32. The van der Waals surface area contributed by atoms with Crippen LogP contribution >= 0.6 is 0 Å². The van der Waals surface area contributed by atoms with E-state index in [-0.39, 0.29) is 8.80 Å². The van der Waals surface area contributed by atoms with E-state index in [9.17, 15) is 0 Å². The Hall–Kier alpha value is 0.217. The Morgan fingerprint density at radius 1 is 1.10 bits per heavy atom. The lowest BCUT2D eigenvalue weighted by Crippen LogP contribution is -2.15. The van der Waals surface area contributed by atoms with E-state index in [4.69, 9.17) is 0 Å². The molecule has 1 aliphatic heterocycles. The molecule has 0 saturated carbocycles. The molecular formula is C9H20Si. The minimum atomic E-state index is -0.144. The molecule has 0 aromatic rings. The Morgan fingerprint density at radius 3 is 2.40 bits per heavy atom. The van der Waals surface area contributed by atoms with Crippen molar-refractivity contribution in [2.75, 3.05) is 0 Å². The molecule has 0 unspecified atom stereocenters. The summed E-state index contributed by atoms with van der Waals surface area (Å²) in [7, 11) is -0.144. The van der Waals surface area contributed by atoms with Crippen LogP contribution in [-0.2, 0) is 0 Å². The number of unbranched alkanes of at least 4 members (excludes halogenated alkanes) is 1. The first kappa shape index (κ1) is 8.31. The highest BCUT2D eigenvalue weighted by molar-refractivity contribution is 6.58. The summed E-state index contributed by atoms with van der Waals surface area (Å²) in [4.78, 5) is 0. The van der Waals surface area contributed by atoms with Gasteiger partial charge in [0.15, 0.2) is 0 Å². The maximum Gasteiger partial charge on any atom is 0.0367 e. The van der Waals surface area contributed by atoms with Crippen molar-refractivity contribution in [2.24, 2.45) is 0 Å². The van der Waals surface area contributed by atoms with Crippen LogP contribution in [0.25, 0.3) is 0 Å². The van der Waals surface area contributed by atoms with E-state index >= 15 is 0 Å². The van der Waals surface area contributed by atoms with Crippen molar-refractivity contribution in [3.05, 3.63) is 0 Å². The van der Waals surface area contributed by atoms with Crippen LogP contribution in [0.3, 0.4) is 0 Å². The monoisotopic (exact) mass is 156 g/mol. The zero-order valence-electron chi connectivity index (χ0n) is 7.23. The second-order valence-electron chi connectivity index (χ2n) is 3.65. The molecule has 0 radical (unpaired) electrons. The molecule has 0 aliphatic carbocycles. The van der Waals surface area contributed by atoms with Crippen molar-refractivity contribution in [1.29, 1.82) is 0 Å². The van der Waals surface area contributed by atoms with Crippen molar-refractivity contribution >= 4 is 8.80 Å². The Morgan fingerprint density at radius 2 is 1.80 bits per heavy atom. The van der Waals surface area contributed by atoms with Gasteiger partial charge in [0.2, 0.25) is 0 Å². The van der Waals surface area contributed by atoms with Gasteiger partial charge in [0.1, 0.15) is 0 Å². The van der Waals surface area contributed by atoms with Gasteiger partial charge < -0.3 is 0 Å². The minimum absolute atomic E-state index is 0.144. The topological polar surface area (TPSA) is 0 Å². The lowest BCUT2D eigenvalue weighted by Gasteiger charge is -2.19. The summed E-state index contributed by atoms with van der Waals surface area (Å²) < 4.78 is 0. The Kier molecular flexibility index (Phi) is 4.11. The summed E-state index contributed by atoms with van der Waals surface area (Å²) in [5.41, 5.74) is 0. The van der Waals surface area contributed by atoms with Crippen molar-refractivity contribution in [3.8, 4) is 0 Å². The van der Waals surface area contributed by atoms with Crippen LogP contribution in [-0.4, -0.2) is 8.80 Å². The standard InChI is InChI=1S/C9H20Si/c1-2-3-7-10-8-5-4-6-9-10/h10H,2-9H2,1H3. The lowest BCUT2D eigenvalue weighted by atomic mass is 10.3. The van der Waals surface area contributed by atoms with E-state index in [1.807, 2.05) is 0 Å². The van der Waals surface area contributed by atoms with E-state index in [1.165, 1.54) is 19.3 Å². The zero-order chi connectivity index (χ0) is 7.23. The van der Waals surface area contributed by atoms with Crippen LogP contribution < -0.4 is 0 Å². The summed E-state index contributed by atoms with van der Waals surface area (Å²) >= 11 is 0. The normalized spacial score (nSPS) is 21.3. The largest absolute Gasteiger partial charge is 0.0654 e. The third-order valence-corrected chi connectivity index (χ3v) is 6.36. The Bertz CT molecular complexity index is 74.8. The number of hydrogen-bond acceptors (Lipinski definition) is 0. The van der Waals surface area contributed by atoms with Crippen LogP contribution in [0.15, 0.2) is 0 Å².